The predicted octanol–water partition coefficient (Wildman–Crippen LogP) is 4.44. The summed E-state index contributed by atoms with van der Waals surface area (Å²) in [6.07, 6.45) is 2.19. The number of methoxy groups -OCH3 is 1. The summed E-state index contributed by atoms with van der Waals surface area (Å²) >= 11 is 0. The number of nitrogens with zero attached hydrogens (tertiary/aromatic N) is 2. The second-order valence-corrected chi connectivity index (χ2v) is 6.38. The van der Waals surface area contributed by atoms with Gasteiger partial charge in [0.15, 0.2) is 0 Å². The molecule has 7 nitrogen and oxygen atoms in total. The molecule has 0 unspecified atom stereocenters. The number of hydrogen-bond donors (Lipinski definition) is 1. The molecule has 26 heavy (non-hydrogen) atoms. The predicted molar refractivity (Wildman–Crippen MR) is 99.8 cm³/mol. The Balaban J connectivity index is 1.84. The van der Waals surface area contributed by atoms with E-state index in [9.17, 15) is 14.9 Å². The number of amides is 2. The van der Waals surface area contributed by atoms with Gasteiger partial charge in [0, 0.05) is 29.5 Å². The summed E-state index contributed by atoms with van der Waals surface area (Å²) in [5.41, 5.74) is 1.09. The summed E-state index contributed by atoms with van der Waals surface area (Å²) in [7, 11) is 1.59. The lowest BCUT2D eigenvalue weighted by Crippen LogP contribution is -2.42. The Labute approximate surface area is 151 Å². The molecule has 7 heteroatoms. The van der Waals surface area contributed by atoms with Crippen molar-refractivity contribution in [3.05, 3.63) is 58.6 Å². The number of rotatable bonds is 6. The van der Waals surface area contributed by atoms with E-state index in [-0.39, 0.29) is 17.8 Å². The maximum absolute atomic E-state index is 12.9. The van der Waals surface area contributed by atoms with Gasteiger partial charge in [-0.2, -0.15) is 0 Å². The molecule has 0 heterocycles. The van der Waals surface area contributed by atoms with Crippen molar-refractivity contribution in [2.45, 2.75) is 25.8 Å². The zero-order valence-corrected chi connectivity index (χ0v) is 14.7. The third kappa shape index (κ3) is 3.93. The largest absolute Gasteiger partial charge is 0.497 e. The van der Waals surface area contributed by atoms with Crippen LogP contribution in [0, 0.1) is 16.0 Å². The number of carbonyl (C=O) groups excluding carboxylic acids is 1. The third-order valence-corrected chi connectivity index (χ3v) is 4.59. The van der Waals surface area contributed by atoms with Gasteiger partial charge < -0.3 is 10.1 Å². The van der Waals surface area contributed by atoms with E-state index in [0.717, 1.165) is 18.5 Å². The van der Waals surface area contributed by atoms with E-state index in [2.05, 4.69) is 5.32 Å². The lowest BCUT2D eigenvalue weighted by Gasteiger charge is -2.29. The van der Waals surface area contributed by atoms with Crippen LogP contribution in [-0.2, 0) is 0 Å². The summed E-state index contributed by atoms with van der Waals surface area (Å²) in [5, 5.41) is 13.7. The van der Waals surface area contributed by atoms with Crippen LogP contribution in [0.25, 0.3) is 0 Å². The van der Waals surface area contributed by atoms with Gasteiger partial charge in [-0.1, -0.05) is 6.07 Å². The number of ether oxygens (including phenoxy) is 1. The zero-order valence-electron chi connectivity index (χ0n) is 14.7. The molecule has 0 spiro atoms. The van der Waals surface area contributed by atoms with Crippen molar-refractivity contribution >= 4 is 23.1 Å². The van der Waals surface area contributed by atoms with Crippen molar-refractivity contribution in [3.63, 3.8) is 0 Å². The standard InChI is InChI=1S/C19H21N3O4/c1-13(14-6-7-14)21(16-8-10-18(26-2)11-9-16)19(23)20-15-4-3-5-17(12-15)22(24)25/h3-5,8-14H,6-7H2,1-2H3,(H,20,23)/t13-/m1/s1. The molecule has 1 saturated carbocycles. The second-order valence-electron chi connectivity index (χ2n) is 6.38. The Bertz CT molecular complexity index is 803. The summed E-state index contributed by atoms with van der Waals surface area (Å²) < 4.78 is 5.18. The van der Waals surface area contributed by atoms with Crippen LogP contribution in [0.5, 0.6) is 5.75 Å². The fraction of sp³-hybridized carbons (Fsp3) is 0.316. The van der Waals surface area contributed by atoms with Crippen LogP contribution in [0.1, 0.15) is 19.8 Å². The van der Waals surface area contributed by atoms with Crippen molar-refractivity contribution in [2.75, 3.05) is 17.3 Å². The molecule has 0 radical (unpaired) electrons. The molecule has 1 N–H and O–H groups in total. The van der Waals surface area contributed by atoms with Gasteiger partial charge in [0.1, 0.15) is 5.75 Å². The summed E-state index contributed by atoms with van der Waals surface area (Å²) in [4.78, 5) is 25.1. The maximum Gasteiger partial charge on any atom is 0.326 e. The molecule has 1 aliphatic carbocycles. The summed E-state index contributed by atoms with van der Waals surface area (Å²) in [6.45, 7) is 2.02. The smallest absolute Gasteiger partial charge is 0.326 e. The average Bonchev–Trinajstić information content (AvgIpc) is 3.48. The van der Waals surface area contributed by atoms with Gasteiger partial charge in [-0.25, -0.2) is 4.79 Å². The molecule has 2 aromatic rings. The highest BCUT2D eigenvalue weighted by molar-refractivity contribution is 6.02. The van der Waals surface area contributed by atoms with E-state index in [1.165, 1.54) is 12.1 Å². The quantitative estimate of drug-likeness (QED) is 0.613. The van der Waals surface area contributed by atoms with E-state index in [4.69, 9.17) is 4.74 Å². The van der Waals surface area contributed by atoms with Crippen LogP contribution in [0.15, 0.2) is 48.5 Å². The minimum atomic E-state index is -0.482. The molecule has 136 valence electrons. The van der Waals surface area contributed by atoms with Gasteiger partial charge in [-0.3, -0.25) is 15.0 Å². The van der Waals surface area contributed by atoms with E-state index in [1.54, 1.807) is 24.1 Å². The van der Waals surface area contributed by atoms with Gasteiger partial charge in [0.05, 0.1) is 12.0 Å². The van der Waals surface area contributed by atoms with Crippen LogP contribution in [0.4, 0.5) is 21.9 Å². The average molecular weight is 355 g/mol. The van der Waals surface area contributed by atoms with Crippen LogP contribution in [-0.4, -0.2) is 24.1 Å². The first-order valence-electron chi connectivity index (χ1n) is 8.48. The molecule has 1 atom stereocenters. The molecule has 0 bridgehead atoms. The lowest BCUT2D eigenvalue weighted by molar-refractivity contribution is -0.384. The fourth-order valence-electron chi connectivity index (χ4n) is 2.95. The molecular formula is C19H21N3O4. The van der Waals surface area contributed by atoms with Crippen LogP contribution in [0.2, 0.25) is 0 Å². The van der Waals surface area contributed by atoms with Crippen molar-refractivity contribution < 1.29 is 14.5 Å². The molecule has 0 aliphatic heterocycles. The molecule has 2 amide bonds. The van der Waals surface area contributed by atoms with Crippen molar-refractivity contribution in [1.82, 2.24) is 0 Å². The monoisotopic (exact) mass is 355 g/mol. The first-order valence-corrected chi connectivity index (χ1v) is 8.48. The van der Waals surface area contributed by atoms with Crippen molar-refractivity contribution in [1.29, 1.82) is 0 Å². The molecule has 1 aliphatic rings. The van der Waals surface area contributed by atoms with Crippen molar-refractivity contribution in [3.8, 4) is 5.75 Å². The molecule has 0 saturated heterocycles. The first kappa shape index (κ1) is 17.7. The second kappa shape index (κ2) is 7.43. The van der Waals surface area contributed by atoms with Crippen LogP contribution in [0.3, 0.4) is 0 Å². The Morgan fingerprint density at radius 1 is 1.27 bits per heavy atom. The highest BCUT2D eigenvalue weighted by Gasteiger charge is 2.35. The third-order valence-electron chi connectivity index (χ3n) is 4.59. The number of urea groups is 1. The number of nitro benzene ring substituents is 1. The molecule has 1 fully saturated rings. The number of non-ortho nitro benzene ring substituents is 1. The minimum Gasteiger partial charge on any atom is -0.497 e. The first-order chi connectivity index (χ1) is 12.5. The number of carbonyl (C=O) groups is 1. The molecule has 2 aromatic carbocycles. The van der Waals surface area contributed by atoms with E-state index >= 15 is 0 Å². The normalized spacial score (nSPS) is 14.4. The topological polar surface area (TPSA) is 84.7 Å². The molecule has 0 aromatic heterocycles. The maximum atomic E-state index is 12.9. The number of anilines is 2. The Kier molecular flexibility index (Phi) is 5.06. The van der Waals surface area contributed by atoms with Gasteiger partial charge in [-0.05, 0) is 56.0 Å². The van der Waals surface area contributed by atoms with Gasteiger partial charge in [-0.15, -0.1) is 0 Å². The number of hydrogen-bond acceptors (Lipinski definition) is 4. The summed E-state index contributed by atoms with van der Waals surface area (Å²) in [6, 6.07) is 12.9. The van der Waals surface area contributed by atoms with E-state index in [1.807, 2.05) is 31.2 Å². The molecular weight excluding hydrogens is 334 g/mol. The Morgan fingerprint density at radius 3 is 2.54 bits per heavy atom. The van der Waals surface area contributed by atoms with Crippen molar-refractivity contribution in [2.24, 2.45) is 5.92 Å². The Morgan fingerprint density at radius 2 is 1.96 bits per heavy atom. The van der Waals surface area contributed by atoms with Gasteiger partial charge in [0.25, 0.3) is 5.69 Å². The van der Waals surface area contributed by atoms with Crippen LogP contribution >= 0.6 is 0 Å². The highest BCUT2D eigenvalue weighted by Crippen LogP contribution is 2.37. The van der Waals surface area contributed by atoms with Crippen LogP contribution < -0.4 is 15.0 Å². The Hall–Kier alpha value is -3.09. The lowest BCUT2D eigenvalue weighted by atomic mass is 10.1. The number of nitrogens with one attached hydrogen (secondary N) is 1. The van der Waals surface area contributed by atoms with Gasteiger partial charge in [0.2, 0.25) is 0 Å². The number of nitro groups is 1. The zero-order chi connectivity index (χ0) is 18.7. The highest BCUT2D eigenvalue weighted by atomic mass is 16.6. The van der Waals surface area contributed by atoms with E-state index in [0.29, 0.717) is 17.4 Å². The van der Waals surface area contributed by atoms with E-state index < -0.39 is 4.92 Å². The SMILES string of the molecule is COc1ccc(N(C(=O)Nc2cccc([N+](=O)[O-])c2)[C@H](C)C2CC2)cc1. The minimum absolute atomic E-state index is 0.0297. The fourth-order valence-corrected chi connectivity index (χ4v) is 2.95. The number of benzene rings is 2. The molecule has 3 rings (SSSR count). The van der Waals surface area contributed by atoms with Gasteiger partial charge >= 0.3 is 6.03 Å². The summed E-state index contributed by atoms with van der Waals surface area (Å²) in [5.74, 6) is 1.18.